The van der Waals surface area contributed by atoms with Gasteiger partial charge in [0.2, 0.25) is 0 Å². The van der Waals surface area contributed by atoms with Crippen molar-refractivity contribution < 1.29 is 14.3 Å². The highest BCUT2D eigenvalue weighted by Crippen LogP contribution is 2.29. The predicted molar refractivity (Wildman–Crippen MR) is 110 cm³/mol. The zero-order valence-electron chi connectivity index (χ0n) is 15.4. The highest BCUT2D eigenvalue weighted by molar-refractivity contribution is 7.20. The van der Waals surface area contributed by atoms with Gasteiger partial charge in [0.1, 0.15) is 10.6 Å². The first-order valence-electron chi connectivity index (χ1n) is 8.65. The molecule has 0 saturated heterocycles. The van der Waals surface area contributed by atoms with Crippen molar-refractivity contribution in [3.63, 3.8) is 0 Å². The van der Waals surface area contributed by atoms with E-state index in [1.165, 1.54) is 0 Å². The summed E-state index contributed by atoms with van der Waals surface area (Å²) in [5.41, 5.74) is 7.42. The third-order valence-corrected chi connectivity index (χ3v) is 5.69. The van der Waals surface area contributed by atoms with Crippen molar-refractivity contribution in [1.82, 2.24) is 15.3 Å². The van der Waals surface area contributed by atoms with Gasteiger partial charge in [-0.3, -0.25) is 14.4 Å². The van der Waals surface area contributed by atoms with Crippen LogP contribution in [-0.4, -0.2) is 28.4 Å². The summed E-state index contributed by atoms with van der Waals surface area (Å²) >= 11 is 1.08. The van der Waals surface area contributed by atoms with Gasteiger partial charge in [-0.25, -0.2) is 4.98 Å². The van der Waals surface area contributed by atoms with E-state index in [0.29, 0.717) is 44.3 Å². The molecule has 3 aromatic rings. The highest BCUT2D eigenvalue weighted by atomic mass is 32.1. The zero-order chi connectivity index (χ0) is 20.7. The van der Waals surface area contributed by atoms with Gasteiger partial charge in [0, 0.05) is 6.54 Å². The zero-order valence-corrected chi connectivity index (χ0v) is 16.2. The van der Waals surface area contributed by atoms with Crippen LogP contribution in [-0.2, 0) is 11.3 Å². The number of nitrogens with one attached hydrogen (secondary N) is 3. The fourth-order valence-corrected chi connectivity index (χ4v) is 4.09. The minimum absolute atomic E-state index is 0.00255. The number of primary amides is 1. The lowest BCUT2D eigenvalue weighted by Crippen LogP contribution is -2.25. The fraction of sp³-hybridized carbons (Fsp3) is 0.158. The molecular formula is C19H17N5O4S. The summed E-state index contributed by atoms with van der Waals surface area (Å²) < 4.78 is 5.34. The lowest BCUT2D eigenvalue weighted by atomic mass is 10.1. The molecule has 0 spiro atoms. The Morgan fingerprint density at radius 3 is 2.97 bits per heavy atom. The Balaban J connectivity index is 1.55. The van der Waals surface area contributed by atoms with Crippen LogP contribution in [0.15, 0.2) is 29.6 Å². The number of nitrogens with two attached hydrogens (primary N) is 1. The van der Waals surface area contributed by atoms with E-state index in [9.17, 15) is 14.4 Å². The molecule has 0 unspecified atom stereocenters. The Kier molecular flexibility index (Phi) is 4.55. The number of nitrogens with zero attached hydrogens (tertiary/aromatic N) is 1. The molecule has 0 fully saturated rings. The number of fused-ring (bicyclic) bond motifs is 2. The molecule has 4 rings (SSSR count). The van der Waals surface area contributed by atoms with Gasteiger partial charge in [-0.1, -0.05) is 12.6 Å². The van der Waals surface area contributed by atoms with Gasteiger partial charge < -0.3 is 26.1 Å². The van der Waals surface area contributed by atoms with Crippen LogP contribution in [0.2, 0.25) is 0 Å². The Labute approximate surface area is 168 Å². The van der Waals surface area contributed by atoms with Crippen molar-refractivity contribution in [3.05, 3.63) is 57.0 Å². The summed E-state index contributed by atoms with van der Waals surface area (Å²) in [5.74, 6) is 0.0897. The van der Waals surface area contributed by atoms with Crippen LogP contribution >= 0.6 is 11.3 Å². The molecule has 1 aromatic carbocycles. The number of carbonyl (C=O) groups is 2. The number of thiophene rings is 1. The first-order chi connectivity index (χ1) is 13.8. The summed E-state index contributed by atoms with van der Waals surface area (Å²) in [5, 5.41) is 6.21. The molecule has 1 aliphatic rings. The second kappa shape index (κ2) is 7.06. The number of carbonyl (C=O) groups excluding carboxylic acids is 2. The molecule has 0 bridgehead atoms. The number of hydrogen-bond donors (Lipinski definition) is 4. The van der Waals surface area contributed by atoms with Crippen molar-refractivity contribution in [2.45, 2.75) is 13.5 Å². The number of hydrogen-bond acceptors (Lipinski definition) is 7. The van der Waals surface area contributed by atoms with E-state index in [-0.39, 0.29) is 23.9 Å². The van der Waals surface area contributed by atoms with E-state index in [2.05, 4.69) is 27.2 Å². The van der Waals surface area contributed by atoms with E-state index >= 15 is 0 Å². The number of aryl methyl sites for hydroxylation is 1. The average Bonchev–Trinajstić information content (AvgIpc) is 3.03. The van der Waals surface area contributed by atoms with Crippen molar-refractivity contribution in [3.8, 4) is 5.75 Å². The van der Waals surface area contributed by atoms with Crippen LogP contribution in [0.4, 0.5) is 5.69 Å². The van der Waals surface area contributed by atoms with Gasteiger partial charge in [-0.05, 0) is 30.2 Å². The number of aromatic nitrogens is 2. The molecule has 9 nitrogen and oxygen atoms in total. The maximum atomic E-state index is 12.5. The molecule has 0 saturated carbocycles. The van der Waals surface area contributed by atoms with E-state index in [0.717, 1.165) is 16.9 Å². The molecule has 10 heteroatoms. The summed E-state index contributed by atoms with van der Waals surface area (Å²) in [6.45, 7) is 5.99. The molecule has 5 N–H and O–H groups in total. The topological polar surface area (TPSA) is 139 Å². The van der Waals surface area contributed by atoms with Crippen LogP contribution < -0.4 is 26.7 Å². The van der Waals surface area contributed by atoms with Crippen LogP contribution in [0.3, 0.4) is 0 Å². The number of ether oxygens (including phenoxy) is 1. The Hall–Kier alpha value is -3.66. The molecule has 1 aliphatic heterocycles. The maximum absolute atomic E-state index is 12.5. The van der Waals surface area contributed by atoms with Crippen LogP contribution in [0, 0.1) is 6.92 Å². The summed E-state index contributed by atoms with van der Waals surface area (Å²) in [6.07, 6.45) is 0. The SMILES string of the molecule is C=C(NCc1ccc2c(c1)NC(=O)CO2)c1nc2sc(C(N)=O)c(C)c2c(=O)[nH]1. The van der Waals surface area contributed by atoms with Gasteiger partial charge in [0.25, 0.3) is 17.4 Å². The van der Waals surface area contributed by atoms with Gasteiger partial charge in [-0.2, -0.15) is 0 Å². The monoisotopic (exact) mass is 411 g/mol. The van der Waals surface area contributed by atoms with Crippen molar-refractivity contribution in [2.24, 2.45) is 5.73 Å². The van der Waals surface area contributed by atoms with E-state index in [4.69, 9.17) is 10.5 Å². The number of amides is 2. The molecule has 29 heavy (non-hydrogen) atoms. The first-order valence-corrected chi connectivity index (χ1v) is 9.47. The minimum Gasteiger partial charge on any atom is -0.482 e. The Morgan fingerprint density at radius 2 is 2.21 bits per heavy atom. The number of anilines is 1. The van der Waals surface area contributed by atoms with Gasteiger partial charge in [0.05, 0.1) is 21.6 Å². The van der Waals surface area contributed by atoms with E-state index < -0.39 is 5.91 Å². The quantitative estimate of drug-likeness (QED) is 0.502. The average molecular weight is 411 g/mol. The Morgan fingerprint density at radius 1 is 1.41 bits per heavy atom. The molecule has 0 aliphatic carbocycles. The Bertz CT molecular complexity index is 1240. The summed E-state index contributed by atoms with van der Waals surface area (Å²) in [7, 11) is 0. The lowest BCUT2D eigenvalue weighted by molar-refractivity contribution is -0.118. The predicted octanol–water partition coefficient (Wildman–Crippen LogP) is 1.48. The van der Waals surface area contributed by atoms with Gasteiger partial charge in [0.15, 0.2) is 12.4 Å². The minimum atomic E-state index is -0.591. The van der Waals surface area contributed by atoms with Crippen LogP contribution in [0.5, 0.6) is 5.75 Å². The largest absolute Gasteiger partial charge is 0.482 e. The first kappa shape index (κ1) is 18.7. The number of rotatable bonds is 5. The normalized spacial score (nSPS) is 12.8. The summed E-state index contributed by atoms with van der Waals surface area (Å²) in [4.78, 5) is 43.3. The molecule has 2 aromatic heterocycles. The fourth-order valence-electron chi connectivity index (χ4n) is 3.05. The number of benzene rings is 1. The van der Waals surface area contributed by atoms with Crippen molar-refractivity contribution in [1.29, 1.82) is 0 Å². The second-order valence-electron chi connectivity index (χ2n) is 6.51. The maximum Gasteiger partial charge on any atom is 0.262 e. The van der Waals surface area contributed by atoms with E-state index in [1.54, 1.807) is 19.1 Å². The number of H-pyrrole nitrogens is 1. The molecule has 0 atom stereocenters. The lowest BCUT2D eigenvalue weighted by Gasteiger charge is -2.18. The molecule has 0 radical (unpaired) electrons. The summed E-state index contributed by atoms with van der Waals surface area (Å²) in [6, 6.07) is 5.44. The third kappa shape index (κ3) is 3.45. The van der Waals surface area contributed by atoms with Crippen molar-refractivity contribution in [2.75, 3.05) is 11.9 Å². The van der Waals surface area contributed by atoms with Gasteiger partial charge in [-0.15, -0.1) is 11.3 Å². The van der Waals surface area contributed by atoms with Crippen molar-refractivity contribution >= 4 is 44.8 Å². The number of aromatic amines is 1. The smallest absolute Gasteiger partial charge is 0.262 e. The second-order valence-corrected chi connectivity index (χ2v) is 7.51. The molecule has 148 valence electrons. The molecule has 2 amide bonds. The van der Waals surface area contributed by atoms with Crippen LogP contribution in [0.1, 0.15) is 26.6 Å². The standard InChI is InChI=1S/C19H17N5O4S/c1-8-14-18(27)23-17(24-19(14)29-15(8)16(20)26)9(2)21-6-10-3-4-12-11(5-10)22-13(25)7-28-12/h3-5,21H,2,6-7H2,1H3,(H2,20,26)(H,22,25)(H,23,24,27). The van der Waals surface area contributed by atoms with Gasteiger partial charge >= 0.3 is 0 Å². The van der Waals surface area contributed by atoms with Crippen LogP contribution in [0.25, 0.3) is 15.9 Å². The van der Waals surface area contributed by atoms with E-state index in [1.807, 2.05) is 6.07 Å². The highest BCUT2D eigenvalue weighted by Gasteiger charge is 2.19. The molecule has 3 heterocycles. The third-order valence-electron chi connectivity index (χ3n) is 4.49. The molecular weight excluding hydrogens is 394 g/mol.